The minimum absolute atomic E-state index is 0.0464. The Labute approximate surface area is 163 Å². The third-order valence-corrected chi connectivity index (χ3v) is 5.13. The van der Waals surface area contributed by atoms with Gasteiger partial charge in [0.05, 0.1) is 12.3 Å². The summed E-state index contributed by atoms with van der Waals surface area (Å²) in [7, 11) is 1.98. The van der Waals surface area contributed by atoms with Crippen molar-refractivity contribution in [2.45, 2.75) is 25.1 Å². The van der Waals surface area contributed by atoms with E-state index in [0.717, 1.165) is 5.56 Å². The van der Waals surface area contributed by atoms with Crippen LogP contribution in [0.5, 0.6) is 0 Å². The summed E-state index contributed by atoms with van der Waals surface area (Å²) in [6.07, 6.45) is 6.88. The molecule has 6 nitrogen and oxygen atoms in total. The number of halogens is 1. The highest BCUT2D eigenvalue weighted by Gasteiger charge is 2.32. The van der Waals surface area contributed by atoms with Crippen LogP contribution < -0.4 is 10.7 Å². The topological polar surface area (TPSA) is 73.3 Å². The first-order valence-corrected chi connectivity index (χ1v) is 9.35. The van der Waals surface area contributed by atoms with Gasteiger partial charge >= 0.3 is 0 Å². The highest BCUT2D eigenvalue weighted by Crippen LogP contribution is 2.37. The lowest BCUT2D eigenvalue weighted by Gasteiger charge is -2.22. The number of hydrogen-bond donors (Lipinski definition) is 3. The second kappa shape index (κ2) is 7.31. The fourth-order valence-electron chi connectivity index (χ4n) is 3.18. The molecule has 140 valence electrons. The second-order valence-corrected chi connectivity index (χ2v) is 7.27. The molecule has 27 heavy (non-hydrogen) atoms. The molecule has 0 radical (unpaired) electrons. The lowest BCUT2D eigenvalue weighted by Crippen LogP contribution is -2.39. The van der Waals surface area contributed by atoms with Crippen LogP contribution in [0.1, 0.15) is 24.5 Å². The number of nitrogens with zero attached hydrogens (tertiary/aromatic N) is 3. The number of aliphatic hydroxyl groups is 1. The zero-order chi connectivity index (χ0) is 19.0. The van der Waals surface area contributed by atoms with Crippen molar-refractivity contribution >= 4 is 17.4 Å². The van der Waals surface area contributed by atoms with Crippen LogP contribution in [0.3, 0.4) is 0 Å². The molecular formula is C20H22ClN5O. The summed E-state index contributed by atoms with van der Waals surface area (Å²) in [5.74, 6) is 1.69. The summed E-state index contributed by atoms with van der Waals surface area (Å²) in [4.78, 5) is 8.98. The zero-order valence-corrected chi connectivity index (χ0v) is 15.8. The Kier molecular flexibility index (Phi) is 4.86. The molecule has 0 amide bonds. The zero-order valence-electron chi connectivity index (χ0n) is 15.1. The average Bonchev–Trinajstić information content (AvgIpc) is 3.47. The summed E-state index contributed by atoms with van der Waals surface area (Å²) in [6, 6.07) is 7.47. The lowest BCUT2D eigenvalue weighted by molar-refractivity contribution is 0.229. The molecular weight excluding hydrogens is 362 g/mol. The molecule has 1 aliphatic carbocycles. The first kappa shape index (κ1) is 18.0. The number of allylic oxidation sites excluding steroid dienone is 1. The molecule has 1 saturated carbocycles. The molecule has 1 aromatic heterocycles. The molecule has 4 rings (SSSR count). The van der Waals surface area contributed by atoms with Gasteiger partial charge in [0, 0.05) is 18.3 Å². The van der Waals surface area contributed by atoms with E-state index in [0.29, 0.717) is 28.1 Å². The third-order valence-electron chi connectivity index (χ3n) is 4.85. The van der Waals surface area contributed by atoms with Crippen LogP contribution in [0.25, 0.3) is 11.4 Å². The molecule has 0 spiro atoms. The summed E-state index contributed by atoms with van der Waals surface area (Å²) in [5, 5.41) is 16.0. The number of benzene rings is 1. The molecule has 2 aromatic rings. The van der Waals surface area contributed by atoms with E-state index in [4.69, 9.17) is 11.6 Å². The minimum atomic E-state index is -0.786. The number of aromatic nitrogens is 2. The summed E-state index contributed by atoms with van der Waals surface area (Å²) >= 11 is 6.34. The van der Waals surface area contributed by atoms with Gasteiger partial charge < -0.3 is 15.8 Å². The highest BCUT2D eigenvalue weighted by molar-refractivity contribution is 6.32. The Balaban J connectivity index is 1.64. The number of aliphatic hydroxyl groups excluding tert-OH is 1. The average molecular weight is 384 g/mol. The van der Waals surface area contributed by atoms with E-state index < -0.39 is 6.10 Å². The summed E-state index contributed by atoms with van der Waals surface area (Å²) in [5.41, 5.74) is 6.09. The van der Waals surface area contributed by atoms with Crippen LogP contribution in [0.2, 0.25) is 5.02 Å². The van der Waals surface area contributed by atoms with Crippen molar-refractivity contribution in [3.63, 3.8) is 0 Å². The molecule has 7 heteroatoms. The monoisotopic (exact) mass is 383 g/mol. The van der Waals surface area contributed by atoms with E-state index >= 15 is 0 Å². The van der Waals surface area contributed by atoms with Crippen molar-refractivity contribution in [3.8, 4) is 11.4 Å². The quantitative estimate of drug-likeness (QED) is 0.663. The molecule has 0 saturated heterocycles. The number of likely N-dealkylation sites (N-methyl/N-ethyl adjacent to an activating group) is 1. The molecule has 2 aliphatic rings. The van der Waals surface area contributed by atoms with E-state index in [9.17, 15) is 5.11 Å². The number of hydrazine groups is 1. The van der Waals surface area contributed by atoms with E-state index in [2.05, 4.69) is 33.4 Å². The molecule has 3 N–H and O–H groups in total. The number of hydrogen-bond acceptors (Lipinski definition) is 6. The van der Waals surface area contributed by atoms with Gasteiger partial charge in [-0.3, -0.25) is 0 Å². The van der Waals surface area contributed by atoms with Gasteiger partial charge in [-0.15, -0.1) is 6.58 Å². The van der Waals surface area contributed by atoms with Gasteiger partial charge in [-0.25, -0.2) is 15.0 Å². The second-order valence-electron chi connectivity index (χ2n) is 6.87. The molecule has 1 aliphatic heterocycles. The molecule has 1 fully saturated rings. The molecule has 2 unspecified atom stereocenters. The van der Waals surface area contributed by atoms with Gasteiger partial charge in [-0.2, -0.15) is 0 Å². The summed E-state index contributed by atoms with van der Waals surface area (Å²) < 4.78 is 0. The van der Waals surface area contributed by atoms with Gasteiger partial charge in [0.25, 0.3) is 0 Å². The first-order chi connectivity index (χ1) is 13.1. The molecule has 1 aromatic carbocycles. The predicted octanol–water partition coefficient (Wildman–Crippen LogP) is 3.50. The summed E-state index contributed by atoms with van der Waals surface area (Å²) in [6.45, 7) is 3.66. The number of nitrogens with one attached hydrogen (secondary N) is 2. The van der Waals surface area contributed by atoms with Crippen molar-refractivity contribution in [3.05, 3.63) is 65.5 Å². The smallest absolute Gasteiger partial charge is 0.161 e. The fraction of sp³-hybridized carbons (Fsp3) is 0.300. The van der Waals surface area contributed by atoms with Gasteiger partial charge in [-0.1, -0.05) is 41.9 Å². The molecule has 2 heterocycles. The normalized spacial score (nSPS) is 20.7. The Morgan fingerprint density at radius 3 is 2.93 bits per heavy atom. The van der Waals surface area contributed by atoms with Crippen LogP contribution in [0.4, 0.5) is 5.82 Å². The Hall–Kier alpha value is -2.41. The molecule has 2 atom stereocenters. The highest BCUT2D eigenvalue weighted by atomic mass is 35.5. The SMILES string of the molecule is C=CC(O)c1ccccc1-c1ncc(Cl)c(NC2C=C(C3CC3)NN2C)n1. The van der Waals surface area contributed by atoms with Gasteiger partial charge in [0.15, 0.2) is 5.82 Å². The fourth-order valence-corrected chi connectivity index (χ4v) is 3.32. The Morgan fingerprint density at radius 1 is 1.41 bits per heavy atom. The maximum atomic E-state index is 10.2. The van der Waals surface area contributed by atoms with E-state index in [1.54, 1.807) is 6.20 Å². The minimum Gasteiger partial charge on any atom is -0.384 e. The third kappa shape index (κ3) is 3.69. The van der Waals surface area contributed by atoms with Gasteiger partial charge in [0.2, 0.25) is 0 Å². The van der Waals surface area contributed by atoms with Crippen molar-refractivity contribution in [1.82, 2.24) is 20.4 Å². The van der Waals surface area contributed by atoms with Crippen LogP contribution in [-0.4, -0.2) is 33.3 Å². The van der Waals surface area contributed by atoms with Gasteiger partial charge in [0.1, 0.15) is 17.0 Å². The van der Waals surface area contributed by atoms with Crippen LogP contribution in [0.15, 0.2) is 54.9 Å². The first-order valence-electron chi connectivity index (χ1n) is 8.97. The lowest BCUT2D eigenvalue weighted by atomic mass is 10.0. The van der Waals surface area contributed by atoms with E-state index in [1.165, 1.54) is 24.6 Å². The standard InChI is InChI=1S/C20H22ClN5O/c1-3-17(27)13-6-4-5-7-14(13)19-22-11-15(21)20(24-19)23-18-10-16(12-8-9-12)25-26(18)2/h3-7,10-12,17-18,25,27H,1,8-9H2,2H3,(H,22,23,24). The number of rotatable bonds is 6. The van der Waals surface area contributed by atoms with E-state index in [1.807, 2.05) is 36.3 Å². The van der Waals surface area contributed by atoms with Crippen LogP contribution in [0, 0.1) is 5.92 Å². The van der Waals surface area contributed by atoms with Gasteiger partial charge in [-0.05, 0) is 30.4 Å². The van der Waals surface area contributed by atoms with Crippen molar-refractivity contribution in [2.24, 2.45) is 5.92 Å². The largest absolute Gasteiger partial charge is 0.384 e. The predicted molar refractivity (Wildman–Crippen MR) is 107 cm³/mol. The van der Waals surface area contributed by atoms with Crippen LogP contribution in [-0.2, 0) is 0 Å². The maximum absolute atomic E-state index is 10.2. The van der Waals surface area contributed by atoms with Crippen molar-refractivity contribution in [2.75, 3.05) is 12.4 Å². The van der Waals surface area contributed by atoms with Crippen molar-refractivity contribution < 1.29 is 5.11 Å². The Bertz CT molecular complexity index is 896. The number of anilines is 1. The molecule has 0 bridgehead atoms. The maximum Gasteiger partial charge on any atom is 0.161 e. The van der Waals surface area contributed by atoms with E-state index in [-0.39, 0.29) is 6.17 Å². The van der Waals surface area contributed by atoms with Crippen molar-refractivity contribution in [1.29, 1.82) is 0 Å². The Morgan fingerprint density at radius 2 is 2.19 bits per heavy atom. The van der Waals surface area contributed by atoms with Crippen LogP contribution >= 0.6 is 11.6 Å².